The fraction of sp³-hybridized carbons (Fsp3) is 0.778. The summed E-state index contributed by atoms with van der Waals surface area (Å²) in [5.74, 6) is -0.0338. The monoisotopic (exact) mass is 243 g/mol. The number of hydrogen-bond acceptors (Lipinski definition) is 5. The third-order valence-corrected chi connectivity index (χ3v) is 3.01. The van der Waals surface area contributed by atoms with Gasteiger partial charge in [-0.05, 0) is 38.1 Å². The van der Waals surface area contributed by atoms with Crippen molar-refractivity contribution in [2.24, 2.45) is 0 Å². The van der Waals surface area contributed by atoms with Gasteiger partial charge >= 0.3 is 0 Å². The predicted molar refractivity (Wildman–Crippen MR) is 62.2 cm³/mol. The second-order valence-electron chi connectivity index (χ2n) is 4.42. The van der Waals surface area contributed by atoms with Gasteiger partial charge in [0, 0.05) is 7.05 Å². The van der Waals surface area contributed by atoms with E-state index in [1.807, 2.05) is 27.7 Å². The molecule has 1 atom stereocenters. The van der Waals surface area contributed by atoms with Crippen molar-refractivity contribution in [1.29, 1.82) is 0 Å². The highest BCUT2D eigenvalue weighted by Gasteiger charge is 2.23. The van der Waals surface area contributed by atoms with Crippen LogP contribution in [-0.2, 0) is 10.3 Å². The zero-order valence-corrected chi connectivity index (χ0v) is 11.0. The quantitative estimate of drug-likeness (QED) is 0.789. The first-order chi connectivity index (χ1) is 7.36. The van der Waals surface area contributed by atoms with E-state index >= 15 is 0 Å². The number of nitrogens with one attached hydrogen (secondary N) is 1. The van der Waals surface area contributed by atoms with Crippen molar-refractivity contribution >= 4 is 17.7 Å². The van der Waals surface area contributed by atoms with Crippen molar-refractivity contribution in [1.82, 2.24) is 25.5 Å². The predicted octanol–water partition coefficient (Wildman–Crippen LogP) is 0.655. The van der Waals surface area contributed by atoms with Crippen LogP contribution in [-0.4, -0.2) is 38.4 Å². The first-order valence-electron chi connectivity index (χ1n) is 5.03. The van der Waals surface area contributed by atoms with E-state index in [4.69, 9.17) is 0 Å². The third-order valence-electron chi connectivity index (χ3n) is 1.97. The fourth-order valence-electron chi connectivity index (χ4n) is 1.09. The average molecular weight is 243 g/mol. The number of tetrazole rings is 1. The van der Waals surface area contributed by atoms with E-state index in [-0.39, 0.29) is 16.7 Å². The van der Waals surface area contributed by atoms with Gasteiger partial charge in [-0.1, -0.05) is 11.8 Å². The smallest absolute Gasteiger partial charge is 0.233 e. The van der Waals surface area contributed by atoms with Crippen LogP contribution in [0.15, 0.2) is 5.16 Å². The van der Waals surface area contributed by atoms with Gasteiger partial charge in [-0.15, -0.1) is 5.10 Å². The Balaban J connectivity index is 2.83. The highest BCUT2D eigenvalue weighted by atomic mass is 32.2. The summed E-state index contributed by atoms with van der Waals surface area (Å²) in [6.45, 7) is 7.86. The number of rotatable bonds is 3. The molecule has 1 aromatic heterocycles. The van der Waals surface area contributed by atoms with Crippen LogP contribution < -0.4 is 5.32 Å². The number of hydrogen-bond donors (Lipinski definition) is 1. The van der Waals surface area contributed by atoms with Crippen molar-refractivity contribution in [2.75, 3.05) is 7.05 Å². The van der Waals surface area contributed by atoms with Gasteiger partial charge in [-0.25, -0.2) is 4.68 Å². The Kier molecular flexibility index (Phi) is 3.90. The minimum Gasteiger partial charge on any atom is -0.358 e. The van der Waals surface area contributed by atoms with E-state index in [1.165, 1.54) is 11.8 Å². The number of carbonyl (C=O) groups excluding carboxylic acids is 1. The number of nitrogens with zero attached hydrogens (tertiary/aromatic N) is 4. The van der Waals surface area contributed by atoms with Crippen molar-refractivity contribution in [2.45, 2.75) is 43.6 Å². The Morgan fingerprint density at radius 2 is 2.12 bits per heavy atom. The molecular weight excluding hydrogens is 226 g/mol. The maximum absolute atomic E-state index is 11.4. The van der Waals surface area contributed by atoms with Crippen LogP contribution in [0.5, 0.6) is 0 Å². The van der Waals surface area contributed by atoms with Gasteiger partial charge < -0.3 is 5.32 Å². The molecule has 1 amide bonds. The number of carbonyl (C=O) groups is 1. The maximum Gasteiger partial charge on any atom is 0.233 e. The zero-order valence-electron chi connectivity index (χ0n) is 10.2. The molecule has 1 aromatic rings. The first-order valence-corrected chi connectivity index (χ1v) is 5.91. The van der Waals surface area contributed by atoms with E-state index in [0.29, 0.717) is 5.16 Å². The Morgan fingerprint density at radius 3 is 2.62 bits per heavy atom. The lowest BCUT2D eigenvalue weighted by atomic mass is 10.1. The average Bonchev–Trinajstić information content (AvgIpc) is 2.63. The normalized spacial score (nSPS) is 13.6. The van der Waals surface area contributed by atoms with Crippen LogP contribution in [0.4, 0.5) is 0 Å². The highest BCUT2D eigenvalue weighted by Crippen LogP contribution is 2.24. The molecule has 0 aliphatic carbocycles. The Labute approximate surface area is 99.2 Å². The lowest BCUT2D eigenvalue weighted by molar-refractivity contribution is -0.119. The molecule has 1 N–H and O–H groups in total. The Morgan fingerprint density at radius 1 is 1.50 bits per heavy atom. The molecule has 90 valence electrons. The first kappa shape index (κ1) is 13.0. The number of amides is 1. The van der Waals surface area contributed by atoms with E-state index in [9.17, 15) is 4.79 Å². The summed E-state index contributed by atoms with van der Waals surface area (Å²) in [5.41, 5.74) is -0.186. The van der Waals surface area contributed by atoms with Crippen LogP contribution in [0.3, 0.4) is 0 Å². The van der Waals surface area contributed by atoms with E-state index in [0.717, 1.165) is 0 Å². The topological polar surface area (TPSA) is 72.7 Å². The Bertz CT molecular complexity index is 370. The van der Waals surface area contributed by atoms with Gasteiger partial charge in [0.15, 0.2) is 0 Å². The lowest BCUT2D eigenvalue weighted by Crippen LogP contribution is -2.29. The summed E-state index contributed by atoms with van der Waals surface area (Å²) in [4.78, 5) is 11.4. The molecule has 1 rings (SSSR count). The van der Waals surface area contributed by atoms with Crippen LogP contribution >= 0.6 is 11.8 Å². The van der Waals surface area contributed by atoms with Crippen LogP contribution in [0.2, 0.25) is 0 Å². The molecule has 0 aliphatic rings. The van der Waals surface area contributed by atoms with Gasteiger partial charge in [-0.3, -0.25) is 4.79 Å². The molecule has 0 unspecified atom stereocenters. The molecule has 1 heterocycles. The van der Waals surface area contributed by atoms with E-state index in [1.54, 1.807) is 11.7 Å². The lowest BCUT2D eigenvalue weighted by Gasteiger charge is -2.20. The fourth-order valence-corrected chi connectivity index (χ4v) is 2.12. The van der Waals surface area contributed by atoms with Crippen LogP contribution in [0.25, 0.3) is 0 Å². The molecular formula is C9H17N5OS. The highest BCUT2D eigenvalue weighted by molar-refractivity contribution is 8.00. The number of thioether (sulfide) groups is 1. The summed E-state index contributed by atoms with van der Waals surface area (Å²) in [6.07, 6.45) is 0. The van der Waals surface area contributed by atoms with Gasteiger partial charge in [0.2, 0.25) is 11.1 Å². The third kappa shape index (κ3) is 2.94. The minimum absolute atomic E-state index is 0.0338. The van der Waals surface area contributed by atoms with Crippen molar-refractivity contribution in [3.05, 3.63) is 0 Å². The van der Waals surface area contributed by atoms with Crippen molar-refractivity contribution < 1.29 is 4.79 Å². The van der Waals surface area contributed by atoms with Crippen molar-refractivity contribution in [3.8, 4) is 0 Å². The van der Waals surface area contributed by atoms with E-state index in [2.05, 4.69) is 20.8 Å². The summed E-state index contributed by atoms with van der Waals surface area (Å²) in [5, 5.41) is 14.5. The molecule has 0 radical (unpaired) electrons. The number of aromatic nitrogens is 4. The molecule has 0 saturated carbocycles. The van der Waals surface area contributed by atoms with Gasteiger partial charge in [0.05, 0.1) is 10.8 Å². The molecule has 0 bridgehead atoms. The second-order valence-corrected chi connectivity index (χ2v) is 5.73. The molecule has 0 aromatic carbocycles. The molecule has 0 fully saturated rings. The van der Waals surface area contributed by atoms with Crippen molar-refractivity contribution in [3.63, 3.8) is 0 Å². The van der Waals surface area contributed by atoms with Crippen LogP contribution in [0, 0.1) is 0 Å². The molecule has 16 heavy (non-hydrogen) atoms. The second kappa shape index (κ2) is 4.82. The SMILES string of the molecule is CNC(=O)[C@@H](C)Sc1nnnn1C(C)(C)C. The largest absolute Gasteiger partial charge is 0.358 e. The molecule has 0 spiro atoms. The summed E-state index contributed by atoms with van der Waals surface area (Å²) >= 11 is 1.35. The minimum atomic E-state index is -0.211. The maximum atomic E-state index is 11.4. The van der Waals surface area contributed by atoms with E-state index < -0.39 is 0 Å². The molecule has 0 saturated heterocycles. The summed E-state index contributed by atoms with van der Waals surface area (Å²) in [6, 6.07) is 0. The summed E-state index contributed by atoms with van der Waals surface area (Å²) in [7, 11) is 1.62. The summed E-state index contributed by atoms with van der Waals surface area (Å²) < 4.78 is 1.72. The molecule has 0 aliphatic heterocycles. The standard InChI is InChI=1S/C9H17N5OS/c1-6(7(15)10-5)16-8-11-12-13-14(8)9(2,3)4/h6H,1-5H3,(H,10,15)/t6-/m1/s1. The zero-order chi connectivity index (χ0) is 12.3. The molecule has 6 nitrogen and oxygen atoms in total. The Hall–Kier alpha value is -1.11. The van der Waals surface area contributed by atoms with Gasteiger partial charge in [-0.2, -0.15) is 0 Å². The molecule has 7 heteroatoms. The van der Waals surface area contributed by atoms with Gasteiger partial charge in [0.25, 0.3) is 0 Å². The van der Waals surface area contributed by atoms with Crippen LogP contribution in [0.1, 0.15) is 27.7 Å². The van der Waals surface area contributed by atoms with Gasteiger partial charge in [0.1, 0.15) is 0 Å².